The van der Waals surface area contributed by atoms with Crippen LogP contribution in [0.1, 0.15) is 47.5 Å². The van der Waals surface area contributed by atoms with Gasteiger partial charge in [-0.05, 0) is 67.3 Å². The summed E-state index contributed by atoms with van der Waals surface area (Å²) in [5, 5.41) is 6.20. The lowest BCUT2D eigenvalue weighted by molar-refractivity contribution is -0.115. The Bertz CT molecular complexity index is 1550. The number of carbonyl (C=O) groups is 1. The van der Waals surface area contributed by atoms with Crippen molar-refractivity contribution in [2.24, 2.45) is 0 Å². The lowest BCUT2D eigenvalue weighted by Gasteiger charge is -2.16. The van der Waals surface area contributed by atoms with E-state index in [1.807, 2.05) is 0 Å². The van der Waals surface area contributed by atoms with Crippen molar-refractivity contribution in [2.45, 2.75) is 36.9 Å². The maximum atomic E-state index is 15.4. The van der Waals surface area contributed by atoms with E-state index in [0.29, 0.717) is 29.5 Å². The Morgan fingerprint density at radius 2 is 1.79 bits per heavy atom. The van der Waals surface area contributed by atoms with Gasteiger partial charge >= 0.3 is 0 Å². The molecule has 0 spiro atoms. The highest BCUT2D eigenvalue weighted by atomic mass is 35.5. The lowest BCUT2D eigenvalue weighted by Crippen LogP contribution is -2.17. The van der Waals surface area contributed by atoms with Gasteiger partial charge in [0.2, 0.25) is 5.91 Å². The van der Waals surface area contributed by atoms with Gasteiger partial charge in [-0.1, -0.05) is 41.0 Å². The summed E-state index contributed by atoms with van der Waals surface area (Å²) >= 11 is 6.50. The molecule has 0 radical (unpaired) electrons. The van der Waals surface area contributed by atoms with E-state index in [-0.39, 0.29) is 40.3 Å². The molecule has 196 valence electrons. The van der Waals surface area contributed by atoms with E-state index in [4.69, 9.17) is 16.1 Å². The van der Waals surface area contributed by atoms with Crippen molar-refractivity contribution in [3.63, 3.8) is 0 Å². The number of nitrogens with zero attached hydrogens (tertiary/aromatic N) is 2. The molecule has 1 unspecified atom stereocenters. The smallest absolute Gasteiger partial charge is 0.257 e. The van der Waals surface area contributed by atoms with Gasteiger partial charge in [0.25, 0.3) is 5.89 Å². The zero-order valence-electron chi connectivity index (χ0n) is 20.1. The van der Waals surface area contributed by atoms with Crippen LogP contribution in [0.4, 0.5) is 14.5 Å². The largest absolute Gasteiger partial charge is 0.334 e. The van der Waals surface area contributed by atoms with Gasteiger partial charge in [-0.25, -0.2) is 17.2 Å². The van der Waals surface area contributed by atoms with Crippen LogP contribution >= 0.6 is 11.6 Å². The Labute approximate surface area is 223 Å². The molecular formula is C27H22ClF2N3O4S. The molecule has 3 aromatic carbocycles. The summed E-state index contributed by atoms with van der Waals surface area (Å²) in [5.41, 5.74) is 1.43. The Morgan fingerprint density at radius 1 is 1.11 bits per heavy atom. The molecule has 11 heteroatoms. The van der Waals surface area contributed by atoms with Crippen molar-refractivity contribution in [3.8, 4) is 11.5 Å². The number of nitrogens with one attached hydrogen (secondary N) is 1. The van der Waals surface area contributed by atoms with Gasteiger partial charge in [0.15, 0.2) is 5.82 Å². The van der Waals surface area contributed by atoms with E-state index < -0.39 is 33.0 Å². The molecule has 7 nitrogen and oxygen atoms in total. The number of aromatic nitrogens is 2. The molecule has 1 heterocycles. The third-order valence-electron chi connectivity index (χ3n) is 6.64. The first kappa shape index (κ1) is 26.0. The van der Waals surface area contributed by atoms with Crippen molar-refractivity contribution in [3.05, 3.63) is 99.8 Å². The Balaban J connectivity index is 1.31. The molecular weight excluding hydrogens is 536 g/mol. The van der Waals surface area contributed by atoms with Crippen LogP contribution in [-0.2, 0) is 27.3 Å². The molecule has 1 amide bonds. The zero-order chi connectivity index (χ0) is 27.0. The summed E-state index contributed by atoms with van der Waals surface area (Å²) in [4.78, 5) is 17.0. The van der Waals surface area contributed by atoms with Crippen LogP contribution in [0, 0.1) is 11.6 Å². The average Bonchev–Trinajstić information content (AvgIpc) is 3.50. The predicted octanol–water partition coefficient (Wildman–Crippen LogP) is 5.60. The van der Waals surface area contributed by atoms with Crippen LogP contribution in [0.15, 0.2) is 65.2 Å². The highest BCUT2D eigenvalue weighted by Gasteiger charge is 2.53. The minimum absolute atomic E-state index is 0.0120. The Kier molecular flexibility index (Phi) is 7.02. The van der Waals surface area contributed by atoms with E-state index in [0.717, 1.165) is 0 Å². The van der Waals surface area contributed by atoms with Gasteiger partial charge in [0.1, 0.15) is 22.3 Å². The highest BCUT2D eigenvalue weighted by molar-refractivity contribution is 7.72. The quantitative estimate of drug-likeness (QED) is 0.273. The summed E-state index contributed by atoms with van der Waals surface area (Å²) in [5.74, 6) is -0.906. The Hall–Kier alpha value is -3.63. The minimum Gasteiger partial charge on any atom is -0.334 e. The maximum Gasteiger partial charge on any atom is 0.257 e. The topological polar surface area (TPSA) is 102 Å². The number of hydrogen-bond acceptors (Lipinski definition) is 6. The monoisotopic (exact) mass is 557 g/mol. The molecule has 1 aromatic heterocycles. The van der Waals surface area contributed by atoms with Gasteiger partial charge in [-0.2, -0.15) is 4.98 Å². The summed E-state index contributed by atoms with van der Waals surface area (Å²) < 4.78 is 56.3. The van der Waals surface area contributed by atoms with Crippen LogP contribution in [0.5, 0.6) is 0 Å². The van der Waals surface area contributed by atoms with E-state index in [1.54, 1.807) is 31.2 Å². The molecule has 1 aliphatic rings. The van der Waals surface area contributed by atoms with E-state index in [1.165, 1.54) is 36.4 Å². The van der Waals surface area contributed by atoms with Crippen LogP contribution < -0.4 is 5.32 Å². The number of rotatable bonds is 8. The van der Waals surface area contributed by atoms with Crippen molar-refractivity contribution in [2.75, 3.05) is 5.32 Å². The number of hydrogen-bond donors (Lipinski definition) is 2. The number of amides is 1. The van der Waals surface area contributed by atoms with Crippen LogP contribution in [0.2, 0.25) is 5.02 Å². The summed E-state index contributed by atoms with van der Waals surface area (Å²) in [7, 11) is -2.59. The summed E-state index contributed by atoms with van der Waals surface area (Å²) in [6.07, 6.45) is 1.14. The fourth-order valence-corrected chi connectivity index (χ4v) is 5.17. The van der Waals surface area contributed by atoms with Crippen molar-refractivity contribution in [1.29, 1.82) is 0 Å². The summed E-state index contributed by atoms with van der Waals surface area (Å²) in [6.45, 7) is 1.59. The number of carbonyl (C=O) groups excluding carboxylic acids is 1. The molecule has 4 aromatic rings. The van der Waals surface area contributed by atoms with Crippen molar-refractivity contribution >= 4 is 33.9 Å². The highest BCUT2D eigenvalue weighted by Crippen LogP contribution is 2.55. The minimum atomic E-state index is -2.59. The molecule has 1 N–H and O–H groups in total. The van der Waals surface area contributed by atoms with Crippen LogP contribution in [-0.4, -0.2) is 24.5 Å². The first-order chi connectivity index (χ1) is 18.2. The van der Waals surface area contributed by atoms with E-state index in [2.05, 4.69) is 15.5 Å². The molecule has 0 aliphatic heterocycles. The van der Waals surface area contributed by atoms with Gasteiger partial charge in [0.05, 0.1) is 17.1 Å². The van der Waals surface area contributed by atoms with Crippen molar-refractivity contribution in [1.82, 2.24) is 10.1 Å². The van der Waals surface area contributed by atoms with Crippen LogP contribution in [0.3, 0.4) is 0 Å². The van der Waals surface area contributed by atoms with Gasteiger partial charge < -0.3 is 9.84 Å². The molecule has 0 bridgehead atoms. The van der Waals surface area contributed by atoms with Crippen molar-refractivity contribution < 1.29 is 26.5 Å². The SMILES string of the molecule is CC(c1ccc(CC(=O)Nc2cc(F)c(C3(c4noc(-c5ccc(F)cc5)n4)CC3)c(Cl)c2)cc1)[SH](=O)=O. The number of anilines is 1. The van der Waals surface area contributed by atoms with Crippen LogP contribution in [0.25, 0.3) is 11.5 Å². The molecule has 1 aliphatic carbocycles. The normalized spacial score (nSPS) is 14.9. The fraction of sp³-hybridized carbons (Fsp3) is 0.222. The van der Waals surface area contributed by atoms with E-state index >= 15 is 4.39 Å². The number of thiol groups is 1. The molecule has 1 atom stereocenters. The van der Waals surface area contributed by atoms with Gasteiger partial charge in [-0.3, -0.25) is 4.79 Å². The third kappa shape index (κ3) is 5.19. The molecule has 1 saturated carbocycles. The second kappa shape index (κ2) is 10.3. The van der Waals surface area contributed by atoms with E-state index in [9.17, 15) is 17.6 Å². The second-order valence-electron chi connectivity index (χ2n) is 9.25. The van der Waals surface area contributed by atoms with Gasteiger partial charge in [-0.15, -0.1) is 0 Å². The second-order valence-corrected chi connectivity index (χ2v) is 11.0. The zero-order valence-corrected chi connectivity index (χ0v) is 21.7. The lowest BCUT2D eigenvalue weighted by atomic mass is 9.94. The summed E-state index contributed by atoms with van der Waals surface area (Å²) in [6, 6.07) is 15.0. The standard InChI is InChI=1S/C27H22ClF2N3O4S/c1-15(38(35)36)17-4-2-16(3-5-17)12-23(34)31-20-13-21(28)24(22(30)14-20)27(10-11-27)26-32-25(37-33-26)18-6-8-19(29)9-7-18/h2-9,13-15,38H,10-12H2,1H3,(H,31,34). The third-order valence-corrected chi connectivity index (χ3v) is 7.87. The molecule has 38 heavy (non-hydrogen) atoms. The maximum absolute atomic E-state index is 15.4. The predicted molar refractivity (Wildman–Crippen MR) is 139 cm³/mol. The van der Waals surface area contributed by atoms with Gasteiger partial charge in [0, 0.05) is 21.8 Å². The molecule has 1 fully saturated rings. The molecule has 5 rings (SSSR count). The first-order valence-corrected chi connectivity index (χ1v) is 13.4. The number of halogens is 3. The first-order valence-electron chi connectivity index (χ1n) is 11.8. The number of benzene rings is 3. The fourth-order valence-electron chi connectivity index (χ4n) is 4.37. The Morgan fingerprint density at radius 3 is 2.39 bits per heavy atom. The average molecular weight is 558 g/mol. The molecule has 0 saturated heterocycles.